The van der Waals surface area contributed by atoms with Gasteiger partial charge in [-0.3, -0.25) is 14.2 Å². The Balaban J connectivity index is 1.46. The van der Waals surface area contributed by atoms with E-state index in [1.165, 1.54) is 0 Å². The summed E-state index contributed by atoms with van der Waals surface area (Å²) in [5.74, 6) is 1.08. The lowest BCUT2D eigenvalue weighted by molar-refractivity contribution is -0.119. The molecule has 3 aromatic rings. The molecule has 1 aromatic carbocycles. The van der Waals surface area contributed by atoms with Crippen LogP contribution in [0.2, 0.25) is 0 Å². The number of carbonyl (C=O) groups is 1. The van der Waals surface area contributed by atoms with Gasteiger partial charge in [-0.15, -0.1) is 0 Å². The molecule has 2 aliphatic heterocycles. The zero-order chi connectivity index (χ0) is 20.7. The van der Waals surface area contributed by atoms with Gasteiger partial charge in [0.1, 0.15) is 11.9 Å². The molecule has 2 saturated heterocycles. The predicted octanol–water partition coefficient (Wildman–Crippen LogP) is 2.26. The second-order valence-electron chi connectivity index (χ2n) is 8.49. The highest BCUT2D eigenvalue weighted by atomic mass is 16.5. The number of nitrogens with zero attached hydrogens (tertiary/aromatic N) is 4. The Morgan fingerprint density at radius 3 is 2.80 bits per heavy atom. The number of amides is 1. The Morgan fingerprint density at radius 2 is 2.03 bits per heavy atom. The highest BCUT2D eigenvalue weighted by Crippen LogP contribution is 2.34. The van der Waals surface area contributed by atoms with Gasteiger partial charge in [0.15, 0.2) is 0 Å². The first-order chi connectivity index (χ1) is 14.6. The third-order valence-corrected chi connectivity index (χ3v) is 6.30. The van der Waals surface area contributed by atoms with Crippen LogP contribution in [0, 0.1) is 5.92 Å². The van der Waals surface area contributed by atoms with Gasteiger partial charge in [0.25, 0.3) is 0 Å². The molecule has 2 N–H and O–H groups in total. The Bertz CT molecular complexity index is 1060. The van der Waals surface area contributed by atoms with Crippen molar-refractivity contribution in [3.8, 4) is 16.9 Å². The predicted molar refractivity (Wildman–Crippen MR) is 114 cm³/mol. The number of aromatic nitrogens is 4. The highest BCUT2D eigenvalue weighted by Gasteiger charge is 2.28. The summed E-state index contributed by atoms with van der Waals surface area (Å²) in [5, 5.41) is 16.5. The summed E-state index contributed by atoms with van der Waals surface area (Å²) in [6, 6.07) is 4.62. The van der Waals surface area contributed by atoms with E-state index in [4.69, 9.17) is 4.74 Å². The summed E-state index contributed by atoms with van der Waals surface area (Å²) in [6.07, 6.45) is 8.68. The monoisotopic (exact) mass is 408 g/mol. The number of fused-ring (bicyclic) bond motifs is 1. The molecule has 8 heteroatoms. The summed E-state index contributed by atoms with van der Waals surface area (Å²) >= 11 is 0. The Hall–Kier alpha value is -2.87. The van der Waals surface area contributed by atoms with Gasteiger partial charge in [-0.05, 0) is 50.6 Å². The molecule has 158 valence electrons. The zero-order valence-corrected chi connectivity index (χ0v) is 17.5. The zero-order valence-electron chi connectivity index (χ0n) is 17.5. The van der Waals surface area contributed by atoms with E-state index in [1.807, 2.05) is 31.0 Å². The Labute approximate surface area is 175 Å². The third-order valence-electron chi connectivity index (χ3n) is 6.30. The quantitative estimate of drug-likeness (QED) is 0.676. The van der Waals surface area contributed by atoms with Crippen molar-refractivity contribution in [1.82, 2.24) is 30.2 Å². The fourth-order valence-corrected chi connectivity index (χ4v) is 4.49. The van der Waals surface area contributed by atoms with Crippen LogP contribution in [0.4, 0.5) is 0 Å². The molecular formula is C22H28N6O2. The summed E-state index contributed by atoms with van der Waals surface area (Å²) in [7, 11) is 1.92. The molecule has 1 amide bonds. The lowest BCUT2D eigenvalue weighted by Crippen LogP contribution is -2.29. The number of carbonyl (C=O) groups excluding carboxylic acids is 1. The molecular weight excluding hydrogens is 380 g/mol. The fraction of sp³-hybridized carbons (Fsp3) is 0.500. The Kier molecular flexibility index (Phi) is 4.94. The molecule has 2 atom stereocenters. The van der Waals surface area contributed by atoms with Crippen LogP contribution in [0.3, 0.4) is 0 Å². The normalized spacial score (nSPS) is 21.1. The molecule has 0 radical (unpaired) electrons. The van der Waals surface area contributed by atoms with E-state index < -0.39 is 0 Å². The molecule has 0 spiro atoms. The summed E-state index contributed by atoms with van der Waals surface area (Å²) < 4.78 is 10.3. The van der Waals surface area contributed by atoms with Crippen LogP contribution in [0.15, 0.2) is 30.7 Å². The summed E-state index contributed by atoms with van der Waals surface area (Å²) in [5.41, 5.74) is 3.01. The molecule has 2 fully saturated rings. The maximum Gasteiger partial charge on any atom is 0.220 e. The van der Waals surface area contributed by atoms with E-state index in [0.717, 1.165) is 53.7 Å². The summed E-state index contributed by atoms with van der Waals surface area (Å²) in [4.78, 5) is 11.6. The molecule has 30 heavy (non-hydrogen) atoms. The average Bonchev–Trinajstić information content (AvgIpc) is 3.47. The van der Waals surface area contributed by atoms with Crippen molar-refractivity contribution in [3.63, 3.8) is 0 Å². The lowest BCUT2D eigenvalue weighted by atomic mass is 10.0. The minimum atomic E-state index is -0.0694. The van der Waals surface area contributed by atoms with Crippen LogP contribution in [-0.2, 0) is 11.8 Å². The topological polar surface area (TPSA) is 86.0 Å². The SMILES string of the molecule is CC(Oc1cc(-c2cnn(C3CCNCC3)c2)cc2nn(C)cc12)C1CNC(=O)C1. The second kappa shape index (κ2) is 7.75. The van der Waals surface area contributed by atoms with Crippen molar-refractivity contribution in [2.45, 2.75) is 38.3 Å². The maximum atomic E-state index is 11.6. The molecule has 0 bridgehead atoms. The molecule has 5 rings (SSSR count). The van der Waals surface area contributed by atoms with Crippen LogP contribution < -0.4 is 15.4 Å². The van der Waals surface area contributed by atoms with Crippen molar-refractivity contribution in [3.05, 3.63) is 30.7 Å². The van der Waals surface area contributed by atoms with Crippen LogP contribution in [-0.4, -0.2) is 51.2 Å². The first-order valence-electron chi connectivity index (χ1n) is 10.7. The maximum absolute atomic E-state index is 11.6. The largest absolute Gasteiger partial charge is 0.490 e. The van der Waals surface area contributed by atoms with Gasteiger partial charge in [-0.2, -0.15) is 10.2 Å². The number of ether oxygens (including phenoxy) is 1. The molecule has 2 unspecified atom stereocenters. The third kappa shape index (κ3) is 3.67. The molecule has 2 aliphatic rings. The molecule has 0 saturated carbocycles. The smallest absolute Gasteiger partial charge is 0.220 e. The number of piperidine rings is 1. The fourth-order valence-electron chi connectivity index (χ4n) is 4.49. The van der Waals surface area contributed by atoms with E-state index in [1.54, 1.807) is 0 Å². The Morgan fingerprint density at radius 1 is 1.20 bits per heavy atom. The second-order valence-corrected chi connectivity index (χ2v) is 8.49. The van der Waals surface area contributed by atoms with E-state index in [9.17, 15) is 4.79 Å². The molecule has 2 aromatic heterocycles. The van der Waals surface area contributed by atoms with Gasteiger partial charge in [0, 0.05) is 43.9 Å². The number of rotatable bonds is 5. The minimum Gasteiger partial charge on any atom is -0.490 e. The van der Waals surface area contributed by atoms with Gasteiger partial charge < -0.3 is 15.4 Å². The van der Waals surface area contributed by atoms with E-state index in [0.29, 0.717) is 19.0 Å². The first kappa shape index (κ1) is 19.1. The number of hydrogen-bond donors (Lipinski definition) is 2. The van der Waals surface area contributed by atoms with Crippen molar-refractivity contribution in [2.24, 2.45) is 13.0 Å². The molecule has 4 heterocycles. The van der Waals surface area contributed by atoms with Gasteiger partial charge >= 0.3 is 0 Å². The van der Waals surface area contributed by atoms with E-state index in [2.05, 4.69) is 43.8 Å². The summed E-state index contributed by atoms with van der Waals surface area (Å²) in [6.45, 7) is 4.77. The van der Waals surface area contributed by atoms with E-state index in [-0.39, 0.29) is 17.9 Å². The van der Waals surface area contributed by atoms with Crippen molar-refractivity contribution < 1.29 is 9.53 Å². The van der Waals surface area contributed by atoms with Crippen LogP contribution in [0.1, 0.15) is 32.2 Å². The van der Waals surface area contributed by atoms with Gasteiger partial charge in [0.05, 0.1) is 23.1 Å². The lowest BCUT2D eigenvalue weighted by Gasteiger charge is -2.22. The van der Waals surface area contributed by atoms with Crippen LogP contribution in [0.5, 0.6) is 5.75 Å². The number of aryl methyl sites for hydroxylation is 1. The van der Waals surface area contributed by atoms with Crippen molar-refractivity contribution in [2.75, 3.05) is 19.6 Å². The average molecular weight is 409 g/mol. The van der Waals surface area contributed by atoms with Crippen molar-refractivity contribution in [1.29, 1.82) is 0 Å². The minimum absolute atomic E-state index is 0.0694. The van der Waals surface area contributed by atoms with Gasteiger partial charge in [-0.1, -0.05) is 0 Å². The van der Waals surface area contributed by atoms with E-state index >= 15 is 0 Å². The van der Waals surface area contributed by atoms with Gasteiger partial charge in [0.2, 0.25) is 5.91 Å². The van der Waals surface area contributed by atoms with Gasteiger partial charge in [-0.25, -0.2) is 0 Å². The first-order valence-corrected chi connectivity index (χ1v) is 10.7. The number of nitrogens with one attached hydrogen (secondary N) is 2. The van der Waals surface area contributed by atoms with Crippen LogP contribution >= 0.6 is 0 Å². The molecule has 0 aliphatic carbocycles. The molecule has 8 nitrogen and oxygen atoms in total. The van der Waals surface area contributed by atoms with Crippen LogP contribution in [0.25, 0.3) is 22.0 Å². The highest BCUT2D eigenvalue weighted by molar-refractivity contribution is 5.89. The standard InChI is InChI=1S/C22H28N6O2/c1-14(16-9-22(29)24-10-16)30-21-8-15(7-20-19(21)13-27(2)26-20)17-11-25-28(12-17)18-3-5-23-6-4-18/h7-8,11-14,16,18,23H,3-6,9-10H2,1-2H3,(H,24,29). The number of benzene rings is 1. The van der Waals surface area contributed by atoms with Crippen molar-refractivity contribution >= 4 is 16.8 Å². The number of hydrogen-bond acceptors (Lipinski definition) is 5.